The number of phenols is 1. The quantitative estimate of drug-likeness (QED) is 0.117. The molecule has 0 aromatic heterocycles. The van der Waals surface area contributed by atoms with E-state index >= 15 is 0 Å². The predicted molar refractivity (Wildman–Crippen MR) is 152 cm³/mol. The van der Waals surface area contributed by atoms with Crippen LogP contribution in [0.1, 0.15) is 67.2 Å². The Labute approximate surface area is 230 Å². The molecule has 2 aromatic carbocycles. The minimum Gasteiger partial charge on any atom is -0.508 e. The molecule has 0 heterocycles. The highest BCUT2D eigenvalue weighted by Crippen LogP contribution is 2.24. The lowest BCUT2D eigenvalue weighted by Crippen LogP contribution is -2.36. The highest BCUT2D eigenvalue weighted by Gasteiger charge is 2.27. The Morgan fingerprint density at radius 2 is 1.64 bits per heavy atom. The van der Waals surface area contributed by atoms with Crippen molar-refractivity contribution in [2.45, 2.75) is 77.7 Å². The summed E-state index contributed by atoms with van der Waals surface area (Å²) in [7, 11) is 0. The van der Waals surface area contributed by atoms with Gasteiger partial charge >= 0.3 is 5.97 Å². The first-order valence-electron chi connectivity index (χ1n) is 13.5. The largest absolute Gasteiger partial charge is 0.508 e. The van der Waals surface area contributed by atoms with E-state index in [0.29, 0.717) is 32.2 Å². The van der Waals surface area contributed by atoms with Gasteiger partial charge in [-0.05, 0) is 73.9 Å². The second-order valence-corrected chi connectivity index (χ2v) is 10.1. The van der Waals surface area contributed by atoms with Crippen LogP contribution in [-0.4, -0.2) is 46.4 Å². The van der Waals surface area contributed by atoms with Gasteiger partial charge in [-0.3, -0.25) is 14.4 Å². The fourth-order valence-corrected chi connectivity index (χ4v) is 4.74. The number of aliphatic carboxylic acids is 1. The number of carboxylic acid groups (broad SMARTS) is 1. The lowest BCUT2D eigenvalue weighted by atomic mass is 9.88. The Hall–Kier alpha value is -3.88. The SMILES string of the molecule is Cc1cc(O)cc(C)c1C[C@H](N=C(N)N)C(=O)C[C@H](CCCCCC(=O)O)C(=O)NCCCc1ccccc1. The summed E-state index contributed by atoms with van der Waals surface area (Å²) in [6.45, 7) is 4.19. The Morgan fingerprint density at radius 1 is 0.974 bits per heavy atom. The molecule has 0 saturated carbocycles. The number of unbranched alkanes of at least 4 members (excludes halogenated alkanes) is 2. The van der Waals surface area contributed by atoms with Crippen LogP contribution >= 0.6 is 0 Å². The van der Waals surface area contributed by atoms with Gasteiger partial charge in [-0.1, -0.05) is 43.2 Å². The molecule has 0 aliphatic rings. The topological polar surface area (TPSA) is 168 Å². The molecule has 0 bridgehead atoms. The van der Waals surface area contributed by atoms with E-state index in [1.165, 1.54) is 5.56 Å². The number of hydrogen-bond donors (Lipinski definition) is 5. The van der Waals surface area contributed by atoms with Gasteiger partial charge in [0.1, 0.15) is 11.8 Å². The van der Waals surface area contributed by atoms with Crippen molar-refractivity contribution in [3.63, 3.8) is 0 Å². The van der Waals surface area contributed by atoms with E-state index in [9.17, 15) is 19.5 Å². The Bertz CT molecular complexity index is 1110. The zero-order valence-electron chi connectivity index (χ0n) is 23.0. The molecule has 2 atom stereocenters. The number of amides is 1. The van der Waals surface area contributed by atoms with Crippen LogP contribution in [0.5, 0.6) is 5.75 Å². The summed E-state index contributed by atoms with van der Waals surface area (Å²) in [5.41, 5.74) is 15.0. The highest BCUT2D eigenvalue weighted by molar-refractivity contribution is 5.91. The number of rotatable bonds is 17. The Kier molecular flexibility index (Phi) is 13.0. The number of nitrogens with one attached hydrogen (secondary N) is 1. The number of aromatic hydroxyl groups is 1. The Balaban J connectivity index is 2.09. The molecule has 0 unspecified atom stereocenters. The summed E-state index contributed by atoms with van der Waals surface area (Å²) in [5, 5.41) is 21.7. The molecule has 0 saturated heterocycles. The summed E-state index contributed by atoms with van der Waals surface area (Å²) >= 11 is 0. The number of ketones is 1. The molecule has 0 spiro atoms. The summed E-state index contributed by atoms with van der Waals surface area (Å²) < 4.78 is 0. The third-order valence-corrected chi connectivity index (χ3v) is 6.80. The maximum atomic E-state index is 13.5. The average molecular weight is 539 g/mol. The fraction of sp³-hybridized carbons (Fsp3) is 0.467. The predicted octanol–water partition coefficient (Wildman–Crippen LogP) is 3.55. The number of hydrogen-bond acceptors (Lipinski definition) is 5. The number of carbonyl (C=O) groups excluding carboxylic acids is 2. The van der Waals surface area contributed by atoms with Crippen LogP contribution in [0.2, 0.25) is 0 Å². The first-order valence-corrected chi connectivity index (χ1v) is 13.5. The number of aliphatic imine (C=N–C) groups is 1. The van der Waals surface area contributed by atoms with Crippen LogP contribution in [0.15, 0.2) is 47.5 Å². The lowest BCUT2D eigenvalue weighted by molar-refractivity contribution is -0.137. The van der Waals surface area contributed by atoms with E-state index in [1.807, 2.05) is 44.2 Å². The van der Waals surface area contributed by atoms with Crippen LogP contribution in [0.3, 0.4) is 0 Å². The van der Waals surface area contributed by atoms with Crippen LogP contribution < -0.4 is 16.8 Å². The normalized spacial score (nSPS) is 12.4. The van der Waals surface area contributed by atoms with Crippen molar-refractivity contribution in [2.24, 2.45) is 22.4 Å². The lowest BCUT2D eigenvalue weighted by Gasteiger charge is -2.20. The van der Waals surface area contributed by atoms with Crippen LogP contribution in [0.4, 0.5) is 0 Å². The first-order chi connectivity index (χ1) is 18.6. The smallest absolute Gasteiger partial charge is 0.303 e. The molecule has 1 amide bonds. The van der Waals surface area contributed by atoms with Crippen molar-refractivity contribution in [3.05, 3.63) is 64.7 Å². The number of nitrogens with zero attached hydrogens (tertiary/aromatic N) is 1. The molecule has 0 fully saturated rings. The van der Waals surface area contributed by atoms with E-state index in [2.05, 4.69) is 10.3 Å². The molecule has 212 valence electrons. The van der Waals surface area contributed by atoms with Gasteiger partial charge in [0.25, 0.3) is 0 Å². The van der Waals surface area contributed by atoms with Crippen molar-refractivity contribution in [1.29, 1.82) is 0 Å². The molecule has 9 nitrogen and oxygen atoms in total. The third kappa shape index (κ3) is 11.6. The number of Topliss-reactive ketones (excluding diaryl/α,β-unsaturated/α-hetero) is 1. The van der Waals surface area contributed by atoms with Gasteiger partial charge in [0.2, 0.25) is 5.91 Å². The fourth-order valence-electron chi connectivity index (χ4n) is 4.74. The summed E-state index contributed by atoms with van der Waals surface area (Å²) in [6.07, 6.45) is 4.16. The summed E-state index contributed by atoms with van der Waals surface area (Å²) in [4.78, 5) is 41.6. The first kappa shape index (κ1) is 31.3. The zero-order valence-corrected chi connectivity index (χ0v) is 23.0. The van der Waals surface area contributed by atoms with E-state index in [-0.39, 0.29) is 42.7 Å². The standard InChI is InChI=1S/C30H42N4O5/c1-20-16-24(35)17-21(2)25(20)19-26(34-30(31)32)27(36)18-23(13-7-4-8-14-28(37)38)29(39)33-15-9-12-22-10-5-3-6-11-22/h3,5-6,10-11,16-17,23,26,35H,4,7-9,12-15,18-19H2,1-2H3,(H,33,39)(H,37,38)(H4,31,32,34)/t23-,26-/m0/s1. The van der Waals surface area contributed by atoms with Crippen molar-refractivity contribution in [2.75, 3.05) is 6.54 Å². The van der Waals surface area contributed by atoms with Gasteiger partial charge in [-0.25, -0.2) is 4.99 Å². The molecule has 7 N–H and O–H groups in total. The molecule has 2 rings (SSSR count). The van der Waals surface area contributed by atoms with Crippen molar-refractivity contribution < 1.29 is 24.6 Å². The molecule has 0 aliphatic carbocycles. The molecule has 39 heavy (non-hydrogen) atoms. The number of phenolic OH excluding ortho intramolecular Hbond substituents is 1. The van der Waals surface area contributed by atoms with Crippen LogP contribution in [-0.2, 0) is 27.2 Å². The van der Waals surface area contributed by atoms with Gasteiger partial charge in [-0.15, -0.1) is 0 Å². The number of guanidine groups is 1. The van der Waals surface area contributed by atoms with Gasteiger partial charge in [0.15, 0.2) is 11.7 Å². The third-order valence-electron chi connectivity index (χ3n) is 6.80. The van der Waals surface area contributed by atoms with Crippen LogP contribution in [0, 0.1) is 19.8 Å². The monoisotopic (exact) mass is 538 g/mol. The van der Waals surface area contributed by atoms with E-state index in [1.54, 1.807) is 12.1 Å². The van der Waals surface area contributed by atoms with Gasteiger partial charge in [0, 0.05) is 31.7 Å². The number of carbonyl (C=O) groups is 3. The van der Waals surface area contributed by atoms with Crippen molar-refractivity contribution >= 4 is 23.6 Å². The molecule has 9 heteroatoms. The van der Waals surface area contributed by atoms with Gasteiger partial charge in [-0.2, -0.15) is 0 Å². The van der Waals surface area contributed by atoms with Crippen molar-refractivity contribution in [3.8, 4) is 5.75 Å². The minimum absolute atomic E-state index is 0.0267. The average Bonchev–Trinajstić information content (AvgIpc) is 2.87. The zero-order chi connectivity index (χ0) is 28.8. The Morgan fingerprint density at radius 3 is 2.26 bits per heavy atom. The maximum Gasteiger partial charge on any atom is 0.303 e. The van der Waals surface area contributed by atoms with Gasteiger partial charge < -0.3 is 27.0 Å². The second-order valence-electron chi connectivity index (χ2n) is 10.1. The second kappa shape index (κ2) is 16.2. The maximum absolute atomic E-state index is 13.5. The number of carboxylic acids is 1. The summed E-state index contributed by atoms with van der Waals surface area (Å²) in [5.74, 6) is -1.93. The number of nitrogens with two attached hydrogens (primary N) is 2. The van der Waals surface area contributed by atoms with Crippen molar-refractivity contribution in [1.82, 2.24) is 5.32 Å². The number of aryl methyl sites for hydroxylation is 3. The number of benzene rings is 2. The van der Waals surface area contributed by atoms with Crippen LogP contribution in [0.25, 0.3) is 0 Å². The molecule has 0 aliphatic heterocycles. The van der Waals surface area contributed by atoms with Gasteiger partial charge in [0.05, 0.1) is 0 Å². The minimum atomic E-state index is -0.864. The highest BCUT2D eigenvalue weighted by atomic mass is 16.4. The molecular weight excluding hydrogens is 496 g/mol. The van der Waals surface area contributed by atoms with E-state index in [0.717, 1.165) is 29.5 Å². The van der Waals surface area contributed by atoms with E-state index in [4.69, 9.17) is 16.6 Å². The van der Waals surface area contributed by atoms with E-state index < -0.39 is 17.9 Å². The molecule has 0 radical (unpaired) electrons. The summed E-state index contributed by atoms with van der Waals surface area (Å²) in [6, 6.07) is 12.4. The molecular formula is C30H42N4O5. The molecule has 2 aromatic rings.